The van der Waals surface area contributed by atoms with Crippen LogP contribution in [-0.4, -0.2) is 80.1 Å². The highest BCUT2D eigenvalue weighted by atomic mass is 35.5. The minimum absolute atomic E-state index is 0. The molecule has 2 aliphatic rings. The lowest BCUT2D eigenvalue weighted by atomic mass is 10.2. The number of ether oxygens (including phenoxy) is 1. The van der Waals surface area contributed by atoms with E-state index < -0.39 is 0 Å². The fourth-order valence-electron chi connectivity index (χ4n) is 3.01. The number of nitrogens with one attached hydrogen (secondary N) is 2. The molecule has 0 aliphatic carbocycles. The van der Waals surface area contributed by atoms with Crippen molar-refractivity contribution in [3.05, 3.63) is 30.1 Å². The molecule has 10 heteroatoms. The first kappa shape index (κ1) is 23.6. The van der Waals surface area contributed by atoms with Crippen molar-refractivity contribution in [2.24, 2.45) is 0 Å². The monoisotopic (exact) mass is 422 g/mol. The van der Waals surface area contributed by atoms with E-state index in [1.807, 2.05) is 9.80 Å². The van der Waals surface area contributed by atoms with E-state index in [0.29, 0.717) is 51.6 Å². The van der Waals surface area contributed by atoms with Gasteiger partial charge in [-0.3, -0.25) is 14.5 Å². The number of halogens is 3. The van der Waals surface area contributed by atoms with Crippen molar-refractivity contribution in [2.75, 3.05) is 57.8 Å². The predicted octanol–water partition coefficient (Wildman–Crippen LogP) is 0.740. The number of nitrogens with zero attached hydrogens (tertiary/aromatic N) is 2. The fraction of sp³-hybridized carbons (Fsp3) is 0.529. The number of hydrogen-bond donors (Lipinski definition) is 2. The first-order valence-corrected chi connectivity index (χ1v) is 8.49. The molecule has 0 saturated carbocycles. The summed E-state index contributed by atoms with van der Waals surface area (Å²) in [5.74, 6) is -0.416. The Morgan fingerprint density at radius 3 is 2.41 bits per heavy atom. The van der Waals surface area contributed by atoms with Crippen molar-refractivity contribution >= 4 is 42.3 Å². The van der Waals surface area contributed by atoms with Crippen LogP contribution in [0.4, 0.5) is 10.1 Å². The van der Waals surface area contributed by atoms with Crippen molar-refractivity contribution in [1.29, 1.82) is 0 Å². The van der Waals surface area contributed by atoms with Gasteiger partial charge in [-0.2, -0.15) is 0 Å². The Kier molecular flexibility index (Phi) is 9.97. The van der Waals surface area contributed by atoms with E-state index in [-0.39, 0.29) is 55.0 Å². The van der Waals surface area contributed by atoms with Crippen LogP contribution in [0.15, 0.2) is 24.3 Å². The van der Waals surface area contributed by atoms with Crippen molar-refractivity contribution in [1.82, 2.24) is 15.1 Å². The number of carbonyl (C=O) groups is 2. The standard InChI is InChI=1S/C17H23FN4O3.2ClH/c18-13-1-3-14(4-2-13)20-16(23)11-21-6-8-22(9-7-21)17(24)15-12-25-10-5-19-15;;/h1-4,15,19H,5-12H2,(H,20,23);2*1H. The van der Waals surface area contributed by atoms with E-state index in [1.54, 1.807) is 0 Å². The average molecular weight is 423 g/mol. The second-order valence-electron chi connectivity index (χ2n) is 6.24. The molecule has 1 aromatic rings. The highest BCUT2D eigenvalue weighted by Gasteiger charge is 2.29. The molecule has 152 valence electrons. The van der Waals surface area contributed by atoms with Crippen molar-refractivity contribution in [3.63, 3.8) is 0 Å². The highest BCUT2D eigenvalue weighted by Crippen LogP contribution is 2.09. The molecule has 2 amide bonds. The zero-order valence-corrected chi connectivity index (χ0v) is 16.5. The SMILES string of the molecule is Cl.Cl.O=C(CN1CCN(C(=O)C2COCCN2)CC1)Nc1ccc(F)cc1. The van der Waals surface area contributed by atoms with Crippen LogP contribution in [0.25, 0.3) is 0 Å². The molecule has 0 spiro atoms. The third kappa shape index (κ3) is 6.90. The zero-order chi connectivity index (χ0) is 17.6. The molecular weight excluding hydrogens is 398 g/mol. The Hall–Kier alpha value is -1.45. The van der Waals surface area contributed by atoms with Crippen LogP contribution in [0.2, 0.25) is 0 Å². The summed E-state index contributed by atoms with van der Waals surface area (Å²) in [5.41, 5.74) is 0.573. The largest absolute Gasteiger partial charge is 0.378 e. The van der Waals surface area contributed by atoms with E-state index in [9.17, 15) is 14.0 Å². The average Bonchev–Trinajstić information content (AvgIpc) is 2.64. The summed E-state index contributed by atoms with van der Waals surface area (Å²) >= 11 is 0. The molecule has 2 fully saturated rings. The molecule has 7 nitrogen and oxygen atoms in total. The van der Waals surface area contributed by atoms with Gasteiger partial charge < -0.3 is 20.3 Å². The van der Waals surface area contributed by atoms with Gasteiger partial charge >= 0.3 is 0 Å². The molecule has 2 aliphatic heterocycles. The van der Waals surface area contributed by atoms with Gasteiger partial charge in [0.1, 0.15) is 11.9 Å². The number of carbonyl (C=O) groups excluding carboxylic acids is 2. The lowest BCUT2D eigenvalue weighted by molar-refractivity contribution is -0.138. The lowest BCUT2D eigenvalue weighted by Crippen LogP contribution is -2.57. The van der Waals surface area contributed by atoms with Crippen molar-refractivity contribution in [2.45, 2.75) is 6.04 Å². The fourth-order valence-corrected chi connectivity index (χ4v) is 3.01. The van der Waals surface area contributed by atoms with Gasteiger partial charge in [0, 0.05) is 38.4 Å². The molecule has 2 saturated heterocycles. The minimum Gasteiger partial charge on any atom is -0.378 e. The molecule has 1 aromatic carbocycles. The van der Waals surface area contributed by atoms with Gasteiger partial charge in [0.25, 0.3) is 0 Å². The predicted molar refractivity (Wildman–Crippen MR) is 105 cm³/mol. The number of morpholine rings is 1. The molecule has 0 aromatic heterocycles. The minimum atomic E-state index is -0.336. The molecule has 27 heavy (non-hydrogen) atoms. The van der Waals surface area contributed by atoms with Gasteiger partial charge in [-0.25, -0.2) is 4.39 Å². The molecule has 0 radical (unpaired) electrons. The van der Waals surface area contributed by atoms with Crippen molar-refractivity contribution in [3.8, 4) is 0 Å². The quantitative estimate of drug-likeness (QED) is 0.748. The van der Waals surface area contributed by atoms with Crippen LogP contribution in [0, 0.1) is 5.82 Å². The Morgan fingerprint density at radius 1 is 1.15 bits per heavy atom. The van der Waals surface area contributed by atoms with Crippen LogP contribution >= 0.6 is 24.8 Å². The molecule has 2 heterocycles. The van der Waals surface area contributed by atoms with Gasteiger partial charge in [0.2, 0.25) is 11.8 Å². The summed E-state index contributed by atoms with van der Waals surface area (Å²) in [7, 11) is 0. The zero-order valence-electron chi connectivity index (χ0n) is 14.9. The van der Waals surface area contributed by atoms with E-state index >= 15 is 0 Å². The third-order valence-electron chi connectivity index (χ3n) is 4.40. The second kappa shape index (κ2) is 11.4. The maximum absolute atomic E-state index is 12.9. The Labute approximate surface area is 170 Å². The summed E-state index contributed by atoms with van der Waals surface area (Å²) in [6.45, 7) is 4.50. The number of hydrogen-bond acceptors (Lipinski definition) is 5. The summed E-state index contributed by atoms with van der Waals surface area (Å²) in [5, 5.41) is 5.92. The van der Waals surface area contributed by atoms with Gasteiger partial charge in [-0.15, -0.1) is 24.8 Å². The van der Waals surface area contributed by atoms with Crippen molar-refractivity contribution < 1.29 is 18.7 Å². The van der Waals surface area contributed by atoms with E-state index in [2.05, 4.69) is 10.6 Å². The van der Waals surface area contributed by atoms with Gasteiger partial charge in [0.05, 0.1) is 19.8 Å². The molecule has 3 rings (SSSR count). The number of amides is 2. The summed E-state index contributed by atoms with van der Waals surface area (Å²) in [4.78, 5) is 28.3. The van der Waals surface area contributed by atoms with E-state index in [4.69, 9.17) is 4.74 Å². The normalized spacial score (nSPS) is 20.2. The molecular formula is C17H25Cl2FN4O3. The first-order chi connectivity index (χ1) is 12.1. The van der Waals surface area contributed by atoms with Crippen LogP contribution in [-0.2, 0) is 14.3 Å². The summed E-state index contributed by atoms with van der Waals surface area (Å²) in [6.07, 6.45) is 0. The number of benzene rings is 1. The number of piperazine rings is 1. The van der Waals surface area contributed by atoms with E-state index in [1.165, 1.54) is 24.3 Å². The topological polar surface area (TPSA) is 73.9 Å². The Balaban J connectivity index is 0.00000182. The third-order valence-corrected chi connectivity index (χ3v) is 4.40. The first-order valence-electron chi connectivity index (χ1n) is 8.49. The Morgan fingerprint density at radius 2 is 1.81 bits per heavy atom. The molecule has 1 unspecified atom stereocenters. The van der Waals surface area contributed by atoms with Crippen LogP contribution in [0.1, 0.15) is 0 Å². The number of anilines is 1. The Bertz CT molecular complexity index is 607. The maximum atomic E-state index is 12.9. The maximum Gasteiger partial charge on any atom is 0.242 e. The van der Waals surface area contributed by atoms with Crippen LogP contribution < -0.4 is 10.6 Å². The van der Waals surface area contributed by atoms with Gasteiger partial charge in [-0.1, -0.05) is 0 Å². The van der Waals surface area contributed by atoms with E-state index in [0.717, 1.165) is 0 Å². The lowest BCUT2D eigenvalue weighted by Gasteiger charge is -2.36. The molecule has 2 N–H and O–H groups in total. The van der Waals surface area contributed by atoms with Crippen LogP contribution in [0.3, 0.4) is 0 Å². The molecule has 0 bridgehead atoms. The smallest absolute Gasteiger partial charge is 0.242 e. The van der Waals surface area contributed by atoms with Gasteiger partial charge in [-0.05, 0) is 24.3 Å². The summed E-state index contributed by atoms with van der Waals surface area (Å²) < 4.78 is 18.2. The summed E-state index contributed by atoms with van der Waals surface area (Å²) in [6, 6.07) is 5.42. The number of rotatable bonds is 4. The van der Waals surface area contributed by atoms with Crippen LogP contribution in [0.5, 0.6) is 0 Å². The second-order valence-corrected chi connectivity index (χ2v) is 6.24. The highest BCUT2D eigenvalue weighted by molar-refractivity contribution is 5.92. The molecule has 1 atom stereocenters. The van der Waals surface area contributed by atoms with Gasteiger partial charge in [0.15, 0.2) is 0 Å².